The zero-order chi connectivity index (χ0) is 14.5. The molecule has 1 saturated heterocycles. The van der Waals surface area contributed by atoms with Crippen molar-refractivity contribution in [2.24, 2.45) is 5.73 Å². The van der Waals surface area contributed by atoms with Crippen molar-refractivity contribution in [2.75, 3.05) is 31.2 Å². The van der Waals surface area contributed by atoms with Crippen molar-refractivity contribution in [3.63, 3.8) is 0 Å². The fourth-order valence-electron chi connectivity index (χ4n) is 2.53. The highest BCUT2D eigenvalue weighted by atomic mass is 35.5. The van der Waals surface area contributed by atoms with Crippen molar-refractivity contribution >= 4 is 23.1 Å². The number of hydrogen-bond acceptors (Lipinski definition) is 4. The van der Waals surface area contributed by atoms with Gasteiger partial charge < -0.3 is 20.5 Å². The van der Waals surface area contributed by atoms with E-state index in [1.54, 1.807) is 6.07 Å². The third-order valence-corrected chi connectivity index (χ3v) is 3.80. The lowest BCUT2D eigenvalue weighted by atomic mass is 10.0. The topological polar surface area (TPSA) is 82.6 Å². The van der Waals surface area contributed by atoms with Crippen LogP contribution in [0.2, 0.25) is 5.02 Å². The molecular weight excluding hydrogens is 278 g/mol. The van der Waals surface area contributed by atoms with Crippen molar-refractivity contribution in [3.8, 4) is 0 Å². The van der Waals surface area contributed by atoms with Crippen molar-refractivity contribution in [3.05, 3.63) is 28.8 Å². The van der Waals surface area contributed by atoms with Gasteiger partial charge in [-0.05, 0) is 25.0 Å². The third kappa shape index (κ3) is 3.42. The Kier molecular flexibility index (Phi) is 5.23. The molecule has 0 amide bonds. The highest BCUT2D eigenvalue weighted by Gasteiger charge is 2.22. The first-order valence-corrected chi connectivity index (χ1v) is 7.11. The molecule has 0 unspecified atom stereocenters. The molecule has 0 aliphatic carbocycles. The first-order chi connectivity index (χ1) is 9.63. The van der Waals surface area contributed by atoms with Gasteiger partial charge in [-0.15, -0.1) is 0 Å². The molecule has 6 heteroatoms. The Hall–Kier alpha value is -1.30. The number of nitrogens with one attached hydrogen (secondary N) is 1. The number of nitrogens with zero attached hydrogens (tertiary/aromatic N) is 1. The van der Waals surface area contributed by atoms with Gasteiger partial charge in [0.2, 0.25) is 0 Å². The predicted octanol–water partition coefficient (Wildman–Crippen LogP) is 1.60. The van der Waals surface area contributed by atoms with E-state index in [0.29, 0.717) is 17.2 Å². The van der Waals surface area contributed by atoms with E-state index < -0.39 is 0 Å². The van der Waals surface area contributed by atoms with Gasteiger partial charge in [0, 0.05) is 18.8 Å². The summed E-state index contributed by atoms with van der Waals surface area (Å²) >= 11 is 6.14. The van der Waals surface area contributed by atoms with E-state index in [1.165, 1.54) is 0 Å². The van der Waals surface area contributed by atoms with E-state index in [9.17, 15) is 0 Å². The van der Waals surface area contributed by atoms with E-state index >= 15 is 0 Å². The molecule has 1 aromatic carbocycles. The first kappa shape index (κ1) is 15.1. The summed E-state index contributed by atoms with van der Waals surface area (Å²) in [7, 11) is 0. The lowest BCUT2D eigenvalue weighted by Gasteiger charge is -2.34. The number of benzene rings is 1. The van der Waals surface area contributed by atoms with Crippen molar-refractivity contribution in [1.29, 1.82) is 5.41 Å². The maximum atomic E-state index is 8.77. The summed E-state index contributed by atoms with van der Waals surface area (Å²) in [5.41, 5.74) is 7.14. The van der Waals surface area contributed by atoms with Gasteiger partial charge in [0.25, 0.3) is 0 Å². The fraction of sp³-hybridized carbons (Fsp3) is 0.500. The van der Waals surface area contributed by atoms with Crippen molar-refractivity contribution in [1.82, 2.24) is 0 Å². The van der Waals surface area contributed by atoms with Crippen LogP contribution < -0.4 is 10.6 Å². The highest BCUT2D eigenvalue weighted by molar-refractivity contribution is 6.34. The average Bonchev–Trinajstić information content (AvgIpc) is 2.45. The van der Waals surface area contributed by atoms with Crippen LogP contribution in [0.3, 0.4) is 0 Å². The summed E-state index contributed by atoms with van der Waals surface area (Å²) in [5, 5.41) is 17.0. The minimum Gasteiger partial charge on any atom is -0.394 e. The van der Waals surface area contributed by atoms with E-state index in [-0.39, 0.29) is 18.5 Å². The van der Waals surface area contributed by atoms with Crippen LogP contribution in [0, 0.1) is 5.41 Å². The maximum Gasteiger partial charge on any atom is 0.126 e. The summed E-state index contributed by atoms with van der Waals surface area (Å²) in [5.74, 6) is -0.00995. The van der Waals surface area contributed by atoms with Crippen LogP contribution in [-0.2, 0) is 4.74 Å². The molecule has 20 heavy (non-hydrogen) atoms. The smallest absolute Gasteiger partial charge is 0.126 e. The second-order valence-electron chi connectivity index (χ2n) is 4.83. The van der Waals surface area contributed by atoms with E-state index in [2.05, 4.69) is 4.90 Å². The van der Waals surface area contributed by atoms with Gasteiger partial charge in [0.15, 0.2) is 0 Å². The normalized spacial score (nSPS) is 16.4. The molecule has 1 heterocycles. The number of aliphatic hydroxyl groups excluding tert-OH is 1. The molecule has 0 radical (unpaired) electrons. The van der Waals surface area contributed by atoms with Crippen LogP contribution in [0.4, 0.5) is 5.69 Å². The Morgan fingerprint density at radius 3 is 2.75 bits per heavy atom. The van der Waals surface area contributed by atoms with Gasteiger partial charge in [0.1, 0.15) is 5.84 Å². The van der Waals surface area contributed by atoms with Crippen LogP contribution in [-0.4, -0.2) is 43.3 Å². The van der Waals surface area contributed by atoms with Crippen LogP contribution >= 0.6 is 11.6 Å². The number of piperidine rings is 1. The standard InChI is InChI=1S/C14H20ClN3O2/c15-11-2-1-3-12(13(11)14(16)17)18-6-4-10(5-7-18)20-9-8-19/h1-3,10,19H,4-9H2,(H3,16,17). The molecule has 0 spiro atoms. The predicted molar refractivity (Wildman–Crippen MR) is 80.7 cm³/mol. The highest BCUT2D eigenvalue weighted by Crippen LogP contribution is 2.29. The average molecular weight is 298 g/mol. The van der Waals surface area contributed by atoms with Crippen LogP contribution in [0.5, 0.6) is 0 Å². The number of amidine groups is 1. The molecule has 4 N–H and O–H groups in total. The maximum absolute atomic E-state index is 8.77. The molecule has 1 aromatic rings. The lowest BCUT2D eigenvalue weighted by molar-refractivity contribution is 0.0159. The molecule has 1 aliphatic heterocycles. The lowest BCUT2D eigenvalue weighted by Crippen LogP contribution is -2.38. The third-order valence-electron chi connectivity index (χ3n) is 3.49. The zero-order valence-electron chi connectivity index (χ0n) is 11.3. The second-order valence-corrected chi connectivity index (χ2v) is 5.24. The zero-order valence-corrected chi connectivity index (χ0v) is 12.1. The Morgan fingerprint density at radius 2 is 2.15 bits per heavy atom. The van der Waals surface area contributed by atoms with E-state index in [4.69, 9.17) is 32.6 Å². The monoisotopic (exact) mass is 297 g/mol. The molecule has 0 saturated carbocycles. The quantitative estimate of drug-likeness (QED) is 0.569. The molecule has 1 aliphatic rings. The number of rotatable bonds is 5. The number of nitrogens with two attached hydrogens (primary N) is 1. The summed E-state index contributed by atoms with van der Waals surface area (Å²) in [4.78, 5) is 2.18. The number of anilines is 1. The van der Waals surface area contributed by atoms with Gasteiger partial charge in [-0.2, -0.15) is 0 Å². The summed E-state index contributed by atoms with van der Waals surface area (Å²) in [6.45, 7) is 2.11. The van der Waals surface area contributed by atoms with Gasteiger partial charge in [0.05, 0.1) is 29.9 Å². The van der Waals surface area contributed by atoms with Gasteiger partial charge in [-0.25, -0.2) is 0 Å². The van der Waals surface area contributed by atoms with E-state index in [1.807, 2.05) is 12.1 Å². The first-order valence-electron chi connectivity index (χ1n) is 6.73. The minimum absolute atomic E-state index is 0.00995. The van der Waals surface area contributed by atoms with Crippen molar-refractivity contribution in [2.45, 2.75) is 18.9 Å². The van der Waals surface area contributed by atoms with Crippen LogP contribution in [0.1, 0.15) is 18.4 Å². The summed E-state index contributed by atoms with van der Waals surface area (Å²) < 4.78 is 5.55. The van der Waals surface area contributed by atoms with Crippen LogP contribution in [0.15, 0.2) is 18.2 Å². The second kappa shape index (κ2) is 6.92. The molecule has 2 rings (SSSR count). The number of aliphatic hydroxyl groups is 1. The Bertz CT molecular complexity index is 473. The van der Waals surface area contributed by atoms with E-state index in [0.717, 1.165) is 31.6 Å². The molecule has 1 fully saturated rings. The largest absolute Gasteiger partial charge is 0.394 e. The summed E-state index contributed by atoms with van der Waals surface area (Å²) in [6, 6.07) is 5.56. The molecule has 5 nitrogen and oxygen atoms in total. The van der Waals surface area contributed by atoms with Gasteiger partial charge in [-0.1, -0.05) is 17.7 Å². The van der Waals surface area contributed by atoms with Gasteiger partial charge in [-0.3, -0.25) is 5.41 Å². The molecule has 0 atom stereocenters. The number of nitrogen functional groups attached to an aromatic ring is 1. The SMILES string of the molecule is N=C(N)c1c(Cl)cccc1N1CCC(OCCO)CC1. The molecule has 0 aromatic heterocycles. The Labute approximate surface area is 123 Å². The Balaban J connectivity index is 2.07. The number of halogens is 1. The van der Waals surface area contributed by atoms with Gasteiger partial charge >= 0.3 is 0 Å². The van der Waals surface area contributed by atoms with Crippen molar-refractivity contribution < 1.29 is 9.84 Å². The molecule has 110 valence electrons. The molecule has 0 bridgehead atoms. The minimum atomic E-state index is -0.00995. The summed E-state index contributed by atoms with van der Waals surface area (Å²) in [6.07, 6.45) is 1.98. The fourth-order valence-corrected chi connectivity index (χ4v) is 2.80. The number of hydrogen-bond donors (Lipinski definition) is 3. The molecular formula is C14H20ClN3O2. The number of ether oxygens (including phenoxy) is 1. The van der Waals surface area contributed by atoms with Crippen LogP contribution in [0.25, 0.3) is 0 Å². The Morgan fingerprint density at radius 1 is 1.45 bits per heavy atom.